The van der Waals surface area contributed by atoms with Crippen LogP contribution >= 0.6 is 0 Å². The van der Waals surface area contributed by atoms with Crippen molar-refractivity contribution >= 4 is 17.2 Å². The zero-order valence-corrected chi connectivity index (χ0v) is 17.2. The number of rotatable bonds is 5. The molecule has 7 nitrogen and oxygen atoms in total. The number of hydrogen-bond donors (Lipinski definition) is 3. The highest BCUT2D eigenvalue weighted by atomic mass is 16.3. The van der Waals surface area contributed by atoms with Crippen LogP contribution < -0.4 is 10.6 Å². The number of hydrogen-bond acceptors (Lipinski definition) is 7. The topological polar surface area (TPSA) is 118 Å². The molecule has 0 radical (unpaired) electrons. The summed E-state index contributed by atoms with van der Waals surface area (Å²) in [6, 6.07) is 16.9. The van der Waals surface area contributed by atoms with Crippen molar-refractivity contribution in [2.45, 2.75) is 26.4 Å². The number of nitriles is 2. The predicted molar refractivity (Wildman–Crippen MR) is 117 cm³/mol. The smallest absolute Gasteiger partial charge is 0.133 e. The molecule has 1 unspecified atom stereocenters. The van der Waals surface area contributed by atoms with Gasteiger partial charge in [0.2, 0.25) is 0 Å². The van der Waals surface area contributed by atoms with Crippen LogP contribution in [0.2, 0.25) is 0 Å². The van der Waals surface area contributed by atoms with Gasteiger partial charge in [0, 0.05) is 24.6 Å². The fourth-order valence-corrected chi connectivity index (χ4v) is 2.80. The SMILES string of the molecule is CNc1ccc(C#N)cc1.Cc1cc(C(O)CC#N)cc(C)c1Nc1ccncn1. The largest absolute Gasteiger partial charge is 0.388 e. The molecular weight excluding hydrogens is 376 g/mol. The van der Waals surface area contributed by atoms with Crippen LogP contribution in [0.1, 0.15) is 34.8 Å². The van der Waals surface area contributed by atoms with E-state index in [4.69, 9.17) is 10.5 Å². The lowest BCUT2D eigenvalue weighted by Crippen LogP contribution is -2.02. The number of nitrogens with one attached hydrogen (secondary N) is 2. The summed E-state index contributed by atoms with van der Waals surface area (Å²) < 4.78 is 0. The van der Waals surface area contributed by atoms with E-state index >= 15 is 0 Å². The summed E-state index contributed by atoms with van der Waals surface area (Å²) in [5, 5.41) is 33.2. The van der Waals surface area contributed by atoms with Gasteiger partial charge in [0.15, 0.2) is 0 Å². The molecule has 1 heterocycles. The zero-order chi connectivity index (χ0) is 21.9. The van der Waals surface area contributed by atoms with Crippen LogP contribution in [0, 0.1) is 36.5 Å². The minimum Gasteiger partial charge on any atom is -0.388 e. The molecule has 3 aromatic rings. The highest BCUT2D eigenvalue weighted by Gasteiger charge is 2.12. The Kier molecular flexibility index (Phi) is 8.31. The van der Waals surface area contributed by atoms with Crippen LogP contribution in [0.5, 0.6) is 0 Å². The van der Waals surface area contributed by atoms with E-state index < -0.39 is 6.10 Å². The van der Waals surface area contributed by atoms with Crippen molar-refractivity contribution < 1.29 is 5.11 Å². The lowest BCUT2D eigenvalue weighted by Gasteiger charge is -2.16. The van der Waals surface area contributed by atoms with E-state index in [1.807, 2.05) is 51.2 Å². The maximum atomic E-state index is 9.89. The van der Waals surface area contributed by atoms with Gasteiger partial charge < -0.3 is 15.7 Å². The first-order chi connectivity index (χ1) is 14.5. The van der Waals surface area contributed by atoms with Crippen molar-refractivity contribution in [3.05, 3.63) is 77.2 Å². The van der Waals surface area contributed by atoms with Gasteiger partial charge >= 0.3 is 0 Å². The molecule has 0 aliphatic carbocycles. The molecule has 0 aliphatic heterocycles. The molecule has 3 N–H and O–H groups in total. The third-order valence-electron chi connectivity index (χ3n) is 4.36. The molecule has 152 valence electrons. The predicted octanol–water partition coefficient (Wildman–Crippen LogP) is 4.38. The van der Waals surface area contributed by atoms with Gasteiger partial charge in [0.05, 0.1) is 30.2 Å². The second-order valence-electron chi connectivity index (χ2n) is 6.57. The highest BCUT2D eigenvalue weighted by Crippen LogP contribution is 2.28. The third-order valence-corrected chi connectivity index (χ3v) is 4.36. The van der Waals surface area contributed by atoms with Gasteiger partial charge in [-0.2, -0.15) is 10.5 Å². The average Bonchev–Trinajstić information content (AvgIpc) is 2.77. The van der Waals surface area contributed by atoms with Crippen LogP contribution in [0.25, 0.3) is 0 Å². The summed E-state index contributed by atoms with van der Waals surface area (Å²) in [6.07, 6.45) is 2.51. The average molecular weight is 400 g/mol. The Hall–Kier alpha value is -3.94. The summed E-state index contributed by atoms with van der Waals surface area (Å²) in [6.45, 7) is 3.91. The van der Waals surface area contributed by atoms with Crippen molar-refractivity contribution in [2.24, 2.45) is 0 Å². The van der Waals surface area contributed by atoms with E-state index in [0.717, 1.165) is 33.9 Å². The van der Waals surface area contributed by atoms with Gasteiger partial charge in [-0.3, -0.25) is 0 Å². The number of aromatic nitrogens is 2. The van der Waals surface area contributed by atoms with Crippen LogP contribution in [-0.4, -0.2) is 22.1 Å². The summed E-state index contributed by atoms with van der Waals surface area (Å²) in [5.41, 5.74) is 5.43. The standard InChI is InChI=1S/C15H16N4O.C8H8N2/c1-10-7-12(13(20)3-5-16)8-11(2)15(10)19-14-4-6-17-9-18-14;1-10-8-4-2-7(6-9)3-5-8/h4,6-9,13,20H,3H2,1-2H3,(H,17,18,19);2-5,10H,1H3. The Bertz CT molecular complexity index is 1010. The summed E-state index contributed by atoms with van der Waals surface area (Å²) >= 11 is 0. The molecule has 30 heavy (non-hydrogen) atoms. The minimum atomic E-state index is -0.745. The molecule has 1 atom stereocenters. The first-order valence-electron chi connectivity index (χ1n) is 9.35. The normalized spacial score (nSPS) is 10.6. The van der Waals surface area contributed by atoms with Crippen LogP contribution in [0.15, 0.2) is 55.0 Å². The molecule has 0 aliphatic rings. The summed E-state index contributed by atoms with van der Waals surface area (Å²) in [5.74, 6) is 0.719. The number of nitrogens with zero attached hydrogens (tertiary/aromatic N) is 4. The van der Waals surface area contributed by atoms with Crippen molar-refractivity contribution in [3.63, 3.8) is 0 Å². The van der Waals surface area contributed by atoms with Gasteiger partial charge in [0.25, 0.3) is 0 Å². The molecule has 0 saturated carbocycles. The number of anilines is 3. The number of aliphatic hydroxyl groups excluding tert-OH is 1. The Labute approximate surface area is 176 Å². The quantitative estimate of drug-likeness (QED) is 0.581. The molecule has 1 aromatic heterocycles. The molecule has 0 saturated heterocycles. The monoisotopic (exact) mass is 400 g/mol. The second kappa shape index (κ2) is 11.2. The fourth-order valence-electron chi connectivity index (χ4n) is 2.80. The van der Waals surface area contributed by atoms with Crippen molar-refractivity contribution in [1.29, 1.82) is 10.5 Å². The number of benzene rings is 2. The number of aliphatic hydroxyl groups is 1. The molecule has 0 fully saturated rings. The lowest BCUT2D eigenvalue weighted by atomic mass is 9.99. The van der Waals surface area contributed by atoms with Crippen molar-refractivity contribution in [1.82, 2.24) is 9.97 Å². The second-order valence-corrected chi connectivity index (χ2v) is 6.57. The van der Waals surface area contributed by atoms with Crippen LogP contribution in [-0.2, 0) is 0 Å². The highest BCUT2D eigenvalue weighted by molar-refractivity contribution is 5.65. The van der Waals surface area contributed by atoms with E-state index in [1.165, 1.54) is 6.33 Å². The van der Waals surface area contributed by atoms with Gasteiger partial charge in [-0.1, -0.05) is 12.1 Å². The van der Waals surface area contributed by atoms with Crippen molar-refractivity contribution in [2.75, 3.05) is 17.7 Å². The molecule has 0 bridgehead atoms. The summed E-state index contributed by atoms with van der Waals surface area (Å²) in [7, 11) is 1.85. The molecule has 2 aromatic carbocycles. The third kappa shape index (κ3) is 6.30. The van der Waals surface area contributed by atoms with Gasteiger partial charge in [-0.05, 0) is 60.9 Å². The van der Waals surface area contributed by atoms with Gasteiger partial charge in [-0.25, -0.2) is 9.97 Å². The van der Waals surface area contributed by atoms with E-state index in [0.29, 0.717) is 5.56 Å². The first kappa shape index (κ1) is 22.4. The first-order valence-corrected chi connectivity index (χ1v) is 9.35. The Balaban J connectivity index is 0.000000269. The van der Waals surface area contributed by atoms with E-state index in [2.05, 4.69) is 26.7 Å². The maximum absolute atomic E-state index is 9.89. The Morgan fingerprint density at radius 3 is 2.23 bits per heavy atom. The van der Waals surface area contributed by atoms with Crippen LogP contribution in [0.3, 0.4) is 0 Å². The zero-order valence-electron chi connectivity index (χ0n) is 17.2. The maximum Gasteiger partial charge on any atom is 0.133 e. The minimum absolute atomic E-state index is 0.0948. The summed E-state index contributed by atoms with van der Waals surface area (Å²) in [4.78, 5) is 8.00. The van der Waals surface area contributed by atoms with Crippen molar-refractivity contribution in [3.8, 4) is 12.1 Å². The van der Waals surface area contributed by atoms with Gasteiger partial charge in [-0.15, -0.1) is 0 Å². The van der Waals surface area contributed by atoms with E-state index in [1.54, 1.807) is 24.4 Å². The number of aryl methyl sites for hydroxylation is 2. The van der Waals surface area contributed by atoms with E-state index in [-0.39, 0.29) is 6.42 Å². The molecule has 0 amide bonds. The Morgan fingerprint density at radius 1 is 1.07 bits per heavy atom. The lowest BCUT2D eigenvalue weighted by molar-refractivity contribution is 0.183. The van der Waals surface area contributed by atoms with E-state index in [9.17, 15) is 5.11 Å². The molecule has 0 spiro atoms. The van der Waals surface area contributed by atoms with Crippen LogP contribution in [0.4, 0.5) is 17.2 Å². The fraction of sp³-hybridized carbons (Fsp3) is 0.217. The molecular formula is C23H24N6O. The molecule has 3 rings (SSSR count). The van der Waals surface area contributed by atoms with Gasteiger partial charge in [0.1, 0.15) is 12.1 Å². The Morgan fingerprint density at radius 2 is 1.73 bits per heavy atom. The molecule has 7 heteroatoms.